The van der Waals surface area contributed by atoms with Gasteiger partial charge in [0.25, 0.3) is 5.91 Å². The summed E-state index contributed by atoms with van der Waals surface area (Å²) in [5.41, 5.74) is 2.44. The average Bonchev–Trinajstić information content (AvgIpc) is 2.33. The number of nitrogens with one attached hydrogen (secondary N) is 2. The van der Waals surface area contributed by atoms with Crippen LogP contribution in [0.5, 0.6) is 0 Å². The number of sulfone groups is 1. The molecule has 1 rings (SSSR count). The molecule has 5 nitrogen and oxygen atoms in total. The minimum atomic E-state index is -2.96. The number of carbonyl (C=O) groups is 1. The summed E-state index contributed by atoms with van der Waals surface area (Å²) in [5.74, 6) is -0.0843. The largest absolute Gasteiger partial charge is 0.388 e. The fourth-order valence-corrected chi connectivity index (χ4v) is 2.37. The number of anilines is 1. The SMILES string of the molecule is CNc1ccc(C(=O)NCCCS(C)(=O)=O)c(C)c1. The maximum Gasteiger partial charge on any atom is 0.251 e. The molecule has 106 valence electrons. The Labute approximate surface area is 114 Å². The summed E-state index contributed by atoms with van der Waals surface area (Å²) in [4.78, 5) is 11.9. The lowest BCUT2D eigenvalue weighted by Gasteiger charge is -2.09. The lowest BCUT2D eigenvalue weighted by atomic mass is 10.1. The van der Waals surface area contributed by atoms with Gasteiger partial charge < -0.3 is 10.6 Å². The van der Waals surface area contributed by atoms with E-state index >= 15 is 0 Å². The van der Waals surface area contributed by atoms with Gasteiger partial charge in [-0.2, -0.15) is 0 Å². The normalized spacial score (nSPS) is 11.1. The Morgan fingerprint density at radius 2 is 2.00 bits per heavy atom. The maximum absolute atomic E-state index is 11.9. The van der Waals surface area contributed by atoms with Gasteiger partial charge in [-0.1, -0.05) is 0 Å². The highest BCUT2D eigenvalue weighted by molar-refractivity contribution is 7.90. The van der Waals surface area contributed by atoms with Gasteiger partial charge in [-0.05, 0) is 37.1 Å². The minimum Gasteiger partial charge on any atom is -0.388 e. The fraction of sp³-hybridized carbons (Fsp3) is 0.462. The van der Waals surface area contributed by atoms with Gasteiger partial charge in [-0.15, -0.1) is 0 Å². The monoisotopic (exact) mass is 284 g/mol. The van der Waals surface area contributed by atoms with Crippen LogP contribution in [-0.2, 0) is 9.84 Å². The number of benzene rings is 1. The molecule has 0 aliphatic carbocycles. The zero-order chi connectivity index (χ0) is 14.5. The molecule has 0 fully saturated rings. The molecule has 2 N–H and O–H groups in total. The summed E-state index contributed by atoms with van der Waals surface area (Å²) in [7, 11) is -1.14. The van der Waals surface area contributed by atoms with Crippen molar-refractivity contribution in [1.82, 2.24) is 5.32 Å². The van der Waals surface area contributed by atoms with E-state index in [0.717, 1.165) is 11.3 Å². The third kappa shape index (κ3) is 5.30. The second-order valence-electron chi connectivity index (χ2n) is 4.52. The lowest BCUT2D eigenvalue weighted by Crippen LogP contribution is -2.26. The summed E-state index contributed by atoms with van der Waals surface area (Å²) in [6.07, 6.45) is 1.62. The Morgan fingerprint density at radius 3 is 2.53 bits per heavy atom. The lowest BCUT2D eigenvalue weighted by molar-refractivity contribution is 0.0953. The van der Waals surface area contributed by atoms with Crippen molar-refractivity contribution in [1.29, 1.82) is 0 Å². The van der Waals surface area contributed by atoms with E-state index in [4.69, 9.17) is 0 Å². The van der Waals surface area contributed by atoms with Crippen molar-refractivity contribution >= 4 is 21.4 Å². The number of aryl methyl sites for hydroxylation is 1. The molecule has 1 amide bonds. The average molecular weight is 284 g/mol. The highest BCUT2D eigenvalue weighted by Crippen LogP contribution is 2.14. The number of carbonyl (C=O) groups excluding carboxylic acids is 1. The van der Waals surface area contributed by atoms with Gasteiger partial charge in [0.15, 0.2) is 0 Å². The van der Waals surface area contributed by atoms with E-state index < -0.39 is 9.84 Å². The van der Waals surface area contributed by atoms with Crippen LogP contribution in [0.1, 0.15) is 22.3 Å². The molecular weight excluding hydrogens is 264 g/mol. The van der Waals surface area contributed by atoms with E-state index in [2.05, 4.69) is 10.6 Å². The number of amides is 1. The van der Waals surface area contributed by atoms with E-state index in [1.807, 2.05) is 26.1 Å². The Hall–Kier alpha value is -1.56. The van der Waals surface area contributed by atoms with Gasteiger partial charge in [0, 0.05) is 31.1 Å². The zero-order valence-electron chi connectivity index (χ0n) is 11.5. The molecular formula is C13H20N2O3S. The van der Waals surface area contributed by atoms with Crippen LogP contribution in [0.4, 0.5) is 5.69 Å². The summed E-state index contributed by atoms with van der Waals surface area (Å²) in [6.45, 7) is 2.23. The van der Waals surface area contributed by atoms with Crippen molar-refractivity contribution in [3.8, 4) is 0 Å². The first kappa shape index (κ1) is 15.5. The van der Waals surface area contributed by atoms with E-state index in [9.17, 15) is 13.2 Å². The van der Waals surface area contributed by atoms with E-state index in [-0.39, 0.29) is 11.7 Å². The molecule has 19 heavy (non-hydrogen) atoms. The second-order valence-corrected chi connectivity index (χ2v) is 6.78. The Morgan fingerprint density at radius 1 is 1.32 bits per heavy atom. The van der Waals surface area contributed by atoms with Crippen LogP contribution in [0.2, 0.25) is 0 Å². The van der Waals surface area contributed by atoms with E-state index in [1.165, 1.54) is 6.26 Å². The van der Waals surface area contributed by atoms with Crippen LogP contribution in [-0.4, -0.2) is 39.9 Å². The predicted octanol–water partition coefficient (Wildman–Crippen LogP) is 1.20. The molecule has 0 aliphatic heterocycles. The van der Waals surface area contributed by atoms with Crippen LogP contribution in [0, 0.1) is 6.92 Å². The van der Waals surface area contributed by atoms with Crippen LogP contribution >= 0.6 is 0 Å². The third-order valence-electron chi connectivity index (χ3n) is 2.74. The molecule has 0 aliphatic rings. The van der Waals surface area contributed by atoms with Crippen molar-refractivity contribution < 1.29 is 13.2 Å². The summed E-state index contributed by atoms with van der Waals surface area (Å²) in [6, 6.07) is 5.48. The molecule has 0 saturated carbocycles. The Balaban J connectivity index is 2.54. The van der Waals surface area contributed by atoms with Gasteiger partial charge >= 0.3 is 0 Å². The summed E-state index contributed by atoms with van der Waals surface area (Å²) in [5, 5.41) is 5.73. The number of hydrogen-bond acceptors (Lipinski definition) is 4. The van der Waals surface area contributed by atoms with Crippen molar-refractivity contribution in [2.45, 2.75) is 13.3 Å². The molecule has 0 aromatic heterocycles. The van der Waals surface area contributed by atoms with Gasteiger partial charge in [-0.3, -0.25) is 4.79 Å². The zero-order valence-corrected chi connectivity index (χ0v) is 12.3. The Kier molecular flexibility index (Phi) is 5.35. The van der Waals surface area contributed by atoms with Crippen molar-refractivity contribution in [3.05, 3.63) is 29.3 Å². The fourth-order valence-electron chi connectivity index (χ4n) is 1.71. The topological polar surface area (TPSA) is 75.3 Å². The van der Waals surface area contributed by atoms with Gasteiger partial charge in [0.2, 0.25) is 0 Å². The summed E-state index contributed by atoms with van der Waals surface area (Å²) < 4.78 is 21.9. The maximum atomic E-state index is 11.9. The van der Waals surface area contributed by atoms with Crippen LogP contribution in [0.15, 0.2) is 18.2 Å². The quantitative estimate of drug-likeness (QED) is 0.770. The minimum absolute atomic E-state index is 0.0882. The molecule has 0 unspecified atom stereocenters. The van der Waals surface area contributed by atoms with Crippen molar-refractivity contribution in [2.24, 2.45) is 0 Å². The molecule has 1 aromatic carbocycles. The third-order valence-corrected chi connectivity index (χ3v) is 3.77. The van der Waals surface area contributed by atoms with Crippen LogP contribution in [0.25, 0.3) is 0 Å². The van der Waals surface area contributed by atoms with E-state index in [0.29, 0.717) is 18.5 Å². The molecule has 0 spiro atoms. The van der Waals surface area contributed by atoms with Gasteiger partial charge in [0.1, 0.15) is 9.84 Å². The molecule has 0 saturated heterocycles. The molecule has 0 bridgehead atoms. The first-order valence-corrected chi connectivity index (χ1v) is 8.14. The first-order chi connectivity index (χ1) is 8.83. The molecule has 0 heterocycles. The predicted molar refractivity (Wildman–Crippen MR) is 77.4 cm³/mol. The second kappa shape index (κ2) is 6.56. The van der Waals surface area contributed by atoms with E-state index in [1.54, 1.807) is 6.07 Å². The first-order valence-electron chi connectivity index (χ1n) is 6.08. The number of rotatable bonds is 6. The molecule has 1 aromatic rings. The Bertz CT molecular complexity index is 553. The van der Waals surface area contributed by atoms with Gasteiger partial charge in [-0.25, -0.2) is 8.42 Å². The molecule has 6 heteroatoms. The van der Waals surface area contributed by atoms with Crippen molar-refractivity contribution in [3.63, 3.8) is 0 Å². The number of hydrogen-bond donors (Lipinski definition) is 2. The van der Waals surface area contributed by atoms with Crippen LogP contribution < -0.4 is 10.6 Å². The van der Waals surface area contributed by atoms with Crippen molar-refractivity contribution in [2.75, 3.05) is 30.9 Å². The standard InChI is InChI=1S/C13H20N2O3S/c1-10-9-11(14-2)5-6-12(10)13(16)15-7-4-8-19(3,17)18/h5-6,9,14H,4,7-8H2,1-3H3,(H,15,16). The smallest absolute Gasteiger partial charge is 0.251 e. The highest BCUT2D eigenvalue weighted by atomic mass is 32.2. The summed E-state index contributed by atoms with van der Waals surface area (Å²) >= 11 is 0. The molecule has 0 atom stereocenters. The highest BCUT2D eigenvalue weighted by Gasteiger charge is 2.09. The van der Waals surface area contributed by atoms with Crippen LogP contribution in [0.3, 0.4) is 0 Å². The van der Waals surface area contributed by atoms with Gasteiger partial charge in [0.05, 0.1) is 5.75 Å². The molecule has 0 radical (unpaired) electrons.